The second-order valence-corrected chi connectivity index (χ2v) is 8.73. The number of nitrogens with one attached hydrogen (secondary N) is 1. The maximum atomic E-state index is 13.6. The predicted octanol–water partition coefficient (Wildman–Crippen LogP) is 3.96. The van der Waals surface area contributed by atoms with E-state index in [-0.39, 0.29) is 22.7 Å². The van der Waals surface area contributed by atoms with Crippen molar-refractivity contribution in [2.24, 2.45) is 0 Å². The maximum Gasteiger partial charge on any atom is 0.276 e. The summed E-state index contributed by atoms with van der Waals surface area (Å²) in [5.74, 6) is -1.39. The minimum absolute atomic E-state index is 0.0108. The van der Waals surface area contributed by atoms with Crippen LogP contribution in [-0.2, 0) is 16.6 Å². The first kappa shape index (κ1) is 21.5. The van der Waals surface area contributed by atoms with Crippen molar-refractivity contribution >= 4 is 21.6 Å². The Morgan fingerprint density at radius 2 is 1.67 bits per heavy atom. The van der Waals surface area contributed by atoms with Crippen molar-refractivity contribution in [3.63, 3.8) is 0 Å². The van der Waals surface area contributed by atoms with E-state index < -0.39 is 21.7 Å². The van der Waals surface area contributed by atoms with Crippen LogP contribution in [0.3, 0.4) is 0 Å². The Morgan fingerprint density at radius 3 is 2.27 bits per heavy atom. The molecule has 6 nitrogen and oxygen atoms in total. The number of anilines is 1. The number of hydrogen-bond donors (Lipinski definition) is 2. The Kier molecular flexibility index (Phi) is 6.19. The van der Waals surface area contributed by atoms with Crippen LogP contribution in [0.2, 0.25) is 0 Å². The summed E-state index contributed by atoms with van der Waals surface area (Å²) in [7, 11) is -4.16. The van der Waals surface area contributed by atoms with Crippen LogP contribution in [0.4, 0.5) is 10.1 Å². The molecule has 3 aromatic carbocycles. The molecule has 0 unspecified atom stereocenters. The molecule has 2 N–H and O–H groups in total. The van der Waals surface area contributed by atoms with Gasteiger partial charge >= 0.3 is 0 Å². The second kappa shape index (κ2) is 8.64. The molecular weight excluding hydrogens is 407 g/mol. The normalized spacial score (nSPS) is 11.2. The van der Waals surface area contributed by atoms with Crippen molar-refractivity contribution < 1.29 is 22.8 Å². The Bertz CT molecular complexity index is 1160. The monoisotopic (exact) mass is 428 g/mol. The largest absolute Gasteiger partial charge is 0.288 e. The third-order valence-corrected chi connectivity index (χ3v) is 6.37. The number of halogens is 1. The molecule has 0 aliphatic carbocycles. The van der Waals surface area contributed by atoms with Crippen LogP contribution < -0.4 is 9.79 Å². The van der Waals surface area contributed by atoms with E-state index >= 15 is 0 Å². The minimum Gasteiger partial charge on any atom is -0.288 e. The minimum atomic E-state index is -4.16. The molecule has 0 aromatic heterocycles. The van der Waals surface area contributed by atoms with Crippen molar-refractivity contribution in [2.75, 3.05) is 4.31 Å². The first-order chi connectivity index (χ1) is 14.2. The lowest BCUT2D eigenvalue weighted by atomic mass is 10.0. The number of amides is 1. The van der Waals surface area contributed by atoms with E-state index in [1.54, 1.807) is 49.7 Å². The van der Waals surface area contributed by atoms with E-state index in [1.807, 2.05) is 6.07 Å². The summed E-state index contributed by atoms with van der Waals surface area (Å²) >= 11 is 0. The van der Waals surface area contributed by atoms with Crippen molar-refractivity contribution in [1.29, 1.82) is 0 Å². The first-order valence-corrected chi connectivity index (χ1v) is 10.6. The molecule has 0 radical (unpaired) electrons. The van der Waals surface area contributed by atoms with Gasteiger partial charge in [-0.2, -0.15) is 0 Å². The molecule has 0 heterocycles. The molecule has 3 aromatic rings. The molecule has 0 aliphatic heterocycles. The number of aryl methyl sites for hydroxylation is 2. The van der Waals surface area contributed by atoms with Crippen molar-refractivity contribution in [3.05, 3.63) is 94.8 Å². The van der Waals surface area contributed by atoms with Crippen LogP contribution in [-0.4, -0.2) is 19.5 Å². The van der Waals surface area contributed by atoms with Crippen molar-refractivity contribution in [1.82, 2.24) is 5.48 Å². The molecule has 0 spiro atoms. The number of carbonyl (C=O) groups excluding carboxylic acids is 1. The summed E-state index contributed by atoms with van der Waals surface area (Å²) in [6, 6.07) is 16.6. The Hall–Kier alpha value is -3.23. The van der Waals surface area contributed by atoms with E-state index in [4.69, 9.17) is 0 Å². The molecule has 0 fully saturated rings. The Labute approximate surface area is 174 Å². The quantitative estimate of drug-likeness (QED) is 0.460. The highest BCUT2D eigenvalue weighted by Gasteiger charge is 2.30. The smallest absolute Gasteiger partial charge is 0.276 e. The Morgan fingerprint density at radius 1 is 1.03 bits per heavy atom. The second-order valence-electron chi connectivity index (χ2n) is 6.87. The summed E-state index contributed by atoms with van der Waals surface area (Å²) in [5, 5.41) is 9.21. The topological polar surface area (TPSA) is 86.7 Å². The lowest BCUT2D eigenvalue weighted by Gasteiger charge is -2.28. The number of hydroxylamine groups is 1. The van der Waals surface area contributed by atoms with Gasteiger partial charge < -0.3 is 0 Å². The van der Waals surface area contributed by atoms with E-state index in [0.29, 0.717) is 11.1 Å². The number of hydrogen-bond acceptors (Lipinski definition) is 4. The first-order valence-electron chi connectivity index (χ1n) is 9.12. The summed E-state index contributed by atoms with van der Waals surface area (Å²) in [4.78, 5) is 12.3. The van der Waals surface area contributed by atoms with Crippen LogP contribution in [0.25, 0.3) is 0 Å². The van der Waals surface area contributed by atoms with Crippen LogP contribution in [0, 0.1) is 19.7 Å². The van der Waals surface area contributed by atoms with Gasteiger partial charge in [-0.3, -0.25) is 14.3 Å². The molecule has 8 heteroatoms. The molecule has 0 atom stereocenters. The molecule has 0 aliphatic rings. The summed E-state index contributed by atoms with van der Waals surface area (Å²) in [5.41, 5.74) is 3.69. The van der Waals surface area contributed by atoms with Gasteiger partial charge in [0.2, 0.25) is 0 Å². The molecule has 156 valence electrons. The summed E-state index contributed by atoms with van der Waals surface area (Å²) < 4.78 is 41.6. The molecule has 30 heavy (non-hydrogen) atoms. The molecule has 0 bridgehead atoms. The van der Waals surface area contributed by atoms with Gasteiger partial charge in [-0.1, -0.05) is 36.4 Å². The number of nitrogens with zero attached hydrogens (tertiary/aromatic N) is 1. The van der Waals surface area contributed by atoms with E-state index in [1.165, 1.54) is 18.2 Å². The number of sulfonamides is 1. The molecular formula is C22H21FN2O4S. The number of benzene rings is 3. The highest BCUT2D eigenvalue weighted by atomic mass is 32.2. The van der Waals surface area contributed by atoms with Gasteiger partial charge in [0, 0.05) is 0 Å². The van der Waals surface area contributed by atoms with E-state index in [0.717, 1.165) is 22.0 Å². The standard InChI is InChI=1S/C22H21FN2O4S/c1-15-12-16(2)21(20(13-15)22(26)24-27)25(14-17-6-4-3-5-7-17)30(28,29)19-10-8-18(23)9-11-19/h3-13,27H,14H2,1-2H3,(H,24,26). The lowest BCUT2D eigenvalue weighted by Crippen LogP contribution is -2.34. The van der Waals surface area contributed by atoms with Gasteiger partial charge in [-0.05, 0) is 60.9 Å². The molecule has 3 rings (SSSR count). The highest BCUT2D eigenvalue weighted by Crippen LogP contribution is 2.33. The van der Waals surface area contributed by atoms with Crippen LogP contribution in [0.5, 0.6) is 0 Å². The van der Waals surface area contributed by atoms with Gasteiger partial charge in [-0.25, -0.2) is 18.3 Å². The Balaban J connectivity index is 2.26. The van der Waals surface area contributed by atoms with Gasteiger partial charge in [0.05, 0.1) is 22.7 Å². The van der Waals surface area contributed by atoms with Crippen LogP contribution in [0.15, 0.2) is 71.6 Å². The van der Waals surface area contributed by atoms with Crippen molar-refractivity contribution in [3.8, 4) is 0 Å². The third kappa shape index (κ3) is 4.34. The van der Waals surface area contributed by atoms with Crippen LogP contribution >= 0.6 is 0 Å². The zero-order chi connectivity index (χ0) is 21.9. The fraction of sp³-hybridized carbons (Fsp3) is 0.136. The average Bonchev–Trinajstić information content (AvgIpc) is 2.72. The van der Waals surface area contributed by atoms with Crippen LogP contribution in [0.1, 0.15) is 27.0 Å². The fourth-order valence-electron chi connectivity index (χ4n) is 3.29. The third-order valence-electron chi connectivity index (χ3n) is 4.61. The number of carbonyl (C=O) groups is 1. The average molecular weight is 428 g/mol. The predicted molar refractivity (Wildman–Crippen MR) is 111 cm³/mol. The SMILES string of the molecule is Cc1cc(C)c(N(Cc2ccccc2)S(=O)(=O)c2ccc(F)cc2)c(C(=O)NO)c1. The van der Waals surface area contributed by atoms with Gasteiger partial charge in [0.25, 0.3) is 15.9 Å². The fourth-order valence-corrected chi connectivity index (χ4v) is 4.83. The van der Waals surface area contributed by atoms with E-state index in [2.05, 4.69) is 0 Å². The zero-order valence-corrected chi connectivity index (χ0v) is 17.3. The number of rotatable bonds is 6. The lowest BCUT2D eigenvalue weighted by molar-refractivity contribution is 0.0707. The molecule has 0 saturated carbocycles. The van der Waals surface area contributed by atoms with Gasteiger partial charge in [0.1, 0.15) is 5.82 Å². The molecule has 1 amide bonds. The van der Waals surface area contributed by atoms with Gasteiger partial charge in [-0.15, -0.1) is 0 Å². The maximum absolute atomic E-state index is 13.6. The van der Waals surface area contributed by atoms with E-state index in [9.17, 15) is 22.8 Å². The van der Waals surface area contributed by atoms with Gasteiger partial charge in [0.15, 0.2) is 0 Å². The zero-order valence-electron chi connectivity index (χ0n) is 16.5. The van der Waals surface area contributed by atoms with Crippen molar-refractivity contribution in [2.45, 2.75) is 25.3 Å². The summed E-state index contributed by atoms with van der Waals surface area (Å²) in [6.45, 7) is 3.39. The highest BCUT2D eigenvalue weighted by molar-refractivity contribution is 7.92. The molecule has 0 saturated heterocycles. The summed E-state index contributed by atoms with van der Waals surface area (Å²) in [6.07, 6.45) is 0.